The molecule has 0 spiro atoms. The van der Waals surface area contributed by atoms with Gasteiger partial charge in [0.2, 0.25) is 0 Å². The molecule has 1 saturated heterocycles. The Hall–Kier alpha value is -3.77. The van der Waals surface area contributed by atoms with E-state index in [4.69, 9.17) is 35.9 Å². The first kappa shape index (κ1) is 31.2. The maximum absolute atomic E-state index is 13.3. The van der Waals surface area contributed by atoms with E-state index in [1.165, 1.54) is 17.0 Å². The van der Waals surface area contributed by atoms with Crippen molar-refractivity contribution in [3.05, 3.63) is 100 Å². The van der Waals surface area contributed by atoms with E-state index in [1.54, 1.807) is 50.6 Å². The Morgan fingerprint density at radius 1 is 0.976 bits per heavy atom. The smallest absolute Gasteiger partial charge is 0.294 e. The fraction of sp³-hybridized carbons (Fsp3) is 0.258. The molecule has 0 aliphatic carbocycles. The number of amides is 1. The number of thiocarbonyl (C=S) groups is 1. The summed E-state index contributed by atoms with van der Waals surface area (Å²) in [5.74, 6) is 0.202. The van der Waals surface area contributed by atoms with Crippen molar-refractivity contribution in [1.82, 2.24) is 4.90 Å². The van der Waals surface area contributed by atoms with E-state index in [1.807, 2.05) is 30.3 Å². The van der Waals surface area contributed by atoms with Gasteiger partial charge in [-0.05, 0) is 41.5 Å². The van der Waals surface area contributed by atoms with Gasteiger partial charge < -0.3 is 23.7 Å². The first-order valence-corrected chi connectivity index (χ1v) is 14.2. The highest BCUT2D eigenvalue weighted by Gasteiger charge is 2.37. The molecule has 1 aliphatic rings. The van der Waals surface area contributed by atoms with Crippen LogP contribution in [0.1, 0.15) is 16.7 Å². The molecule has 1 aliphatic heterocycles. The molecule has 0 saturated carbocycles. The Morgan fingerprint density at radius 2 is 1.69 bits per heavy atom. The molecule has 1 fully saturated rings. The third kappa shape index (κ3) is 7.74. The summed E-state index contributed by atoms with van der Waals surface area (Å²) in [5, 5.41) is 0. The monoisotopic (exact) mass is 611 g/mol. The summed E-state index contributed by atoms with van der Waals surface area (Å²) >= 11 is 6.40. The zero-order valence-corrected chi connectivity index (χ0v) is 24.8. The molecule has 0 unspecified atom stereocenters. The van der Waals surface area contributed by atoms with Gasteiger partial charge in [-0.15, -0.1) is 0 Å². The highest BCUT2D eigenvalue weighted by atomic mass is 32.2. The highest BCUT2D eigenvalue weighted by Crippen LogP contribution is 2.38. The second-order valence-electron chi connectivity index (χ2n) is 9.26. The fourth-order valence-corrected chi connectivity index (χ4v) is 5.59. The quantitative estimate of drug-likeness (QED) is 0.128. The van der Waals surface area contributed by atoms with Gasteiger partial charge in [-0.2, -0.15) is 0 Å². The average Bonchev–Trinajstić information content (AvgIpc) is 3.25. The molecule has 0 aromatic heterocycles. The van der Waals surface area contributed by atoms with Crippen LogP contribution in [0.3, 0.4) is 0 Å². The van der Waals surface area contributed by atoms with Crippen LogP contribution in [0.2, 0.25) is 0 Å². The first-order chi connectivity index (χ1) is 20.4. The number of thioether (sulfide) groups is 1. The standard InChI is InChI=1S/C31H30FNO7S2/c1-36-18-31(19-37-2,24-6-4-3-5-7-24)40-27-16-23(17-28-29(35)33(20-38-21-34)30(41)42-28)10-13-26(27)39-15-14-22-8-11-25(32)12-9-22/h3-13,16-17,21H,14-15,18-20H2,1-2H3/b28-17+. The van der Waals surface area contributed by atoms with E-state index in [9.17, 15) is 14.0 Å². The van der Waals surface area contributed by atoms with E-state index in [0.717, 1.165) is 22.9 Å². The molecule has 0 radical (unpaired) electrons. The second-order valence-corrected chi connectivity index (χ2v) is 10.9. The van der Waals surface area contributed by atoms with Gasteiger partial charge in [0, 0.05) is 26.2 Å². The van der Waals surface area contributed by atoms with Crippen molar-refractivity contribution in [1.29, 1.82) is 0 Å². The largest absolute Gasteiger partial charge is 0.489 e. The number of benzene rings is 3. The van der Waals surface area contributed by atoms with Crippen LogP contribution in [0.15, 0.2) is 77.7 Å². The summed E-state index contributed by atoms with van der Waals surface area (Å²) in [6, 6.07) is 21.2. The topological polar surface area (TPSA) is 83.5 Å². The lowest BCUT2D eigenvalue weighted by atomic mass is 9.95. The molecule has 11 heteroatoms. The number of rotatable bonds is 15. The van der Waals surface area contributed by atoms with Crippen molar-refractivity contribution in [3.8, 4) is 11.5 Å². The van der Waals surface area contributed by atoms with Crippen molar-refractivity contribution >= 4 is 46.8 Å². The van der Waals surface area contributed by atoms with Crippen molar-refractivity contribution < 1.29 is 37.7 Å². The number of nitrogens with zero attached hydrogens (tertiary/aromatic N) is 1. The lowest BCUT2D eigenvalue weighted by Crippen LogP contribution is -2.42. The summed E-state index contributed by atoms with van der Waals surface area (Å²) in [6.45, 7) is 0.677. The van der Waals surface area contributed by atoms with Crippen LogP contribution >= 0.6 is 24.0 Å². The van der Waals surface area contributed by atoms with Gasteiger partial charge in [0.05, 0.1) is 24.7 Å². The van der Waals surface area contributed by atoms with Crippen LogP contribution < -0.4 is 9.47 Å². The maximum Gasteiger partial charge on any atom is 0.294 e. The van der Waals surface area contributed by atoms with Gasteiger partial charge in [0.1, 0.15) is 5.82 Å². The molecule has 220 valence electrons. The van der Waals surface area contributed by atoms with E-state index >= 15 is 0 Å². The molecule has 42 heavy (non-hydrogen) atoms. The van der Waals surface area contributed by atoms with Gasteiger partial charge in [-0.3, -0.25) is 14.5 Å². The lowest BCUT2D eigenvalue weighted by Gasteiger charge is -2.34. The van der Waals surface area contributed by atoms with Crippen molar-refractivity contribution in [3.63, 3.8) is 0 Å². The van der Waals surface area contributed by atoms with Crippen LogP contribution in [-0.4, -0.2) is 62.4 Å². The van der Waals surface area contributed by atoms with E-state index in [0.29, 0.717) is 35.0 Å². The van der Waals surface area contributed by atoms with E-state index in [2.05, 4.69) is 0 Å². The van der Waals surface area contributed by atoms with Crippen molar-refractivity contribution in [2.45, 2.75) is 12.0 Å². The molecular formula is C31H30FNO7S2. The Morgan fingerprint density at radius 3 is 2.36 bits per heavy atom. The van der Waals surface area contributed by atoms with Gasteiger partial charge in [-0.25, -0.2) is 4.39 Å². The van der Waals surface area contributed by atoms with Gasteiger partial charge >= 0.3 is 0 Å². The Labute approximate surface area is 253 Å². The van der Waals surface area contributed by atoms with Crippen LogP contribution in [0.4, 0.5) is 4.39 Å². The minimum absolute atomic E-state index is 0.180. The number of carbonyl (C=O) groups excluding carboxylic acids is 2. The first-order valence-electron chi connectivity index (χ1n) is 12.9. The van der Waals surface area contributed by atoms with Crippen molar-refractivity contribution in [2.75, 3.05) is 40.8 Å². The number of hydrogen-bond acceptors (Lipinski definition) is 9. The van der Waals surface area contributed by atoms with Crippen LogP contribution in [0, 0.1) is 5.82 Å². The molecule has 3 aromatic carbocycles. The molecule has 8 nitrogen and oxygen atoms in total. The SMILES string of the molecule is COCC(COC)(Oc1cc(/C=C2/SC(=S)N(COC=O)C2=O)ccc1OCCc1ccc(F)cc1)c1ccccc1. The molecule has 1 amide bonds. The zero-order chi connectivity index (χ0) is 30.0. The van der Waals surface area contributed by atoms with Crippen LogP contribution in [0.25, 0.3) is 6.08 Å². The van der Waals surface area contributed by atoms with Gasteiger partial charge in [0.15, 0.2) is 28.2 Å². The van der Waals surface area contributed by atoms with E-state index in [-0.39, 0.29) is 42.5 Å². The fourth-order valence-electron chi connectivity index (χ4n) is 4.36. The third-order valence-electron chi connectivity index (χ3n) is 6.33. The zero-order valence-electron chi connectivity index (χ0n) is 23.1. The maximum atomic E-state index is 13.3. The molecule has 0 bridgehead atoms. The number of methoxy groups -OCH3 is 2. The van der Waals surface area contributed by atoms with Crippen LogP contribution in [0.5, 0.6) is 11.5 Å². The Bertz CT molecular complexity index is 1410. The predicted octanol–water partition coefficient (Wildman–Crippen LogP) is 5.35. The number of halogens is 1. The summed E-state index contributed by atoms with van der Waals surface area (Å²) in [7, 11) is 3.17. The average molecular weight is 612 g/mol. The molecule has 4 rings (SSSR count). The number of carbonyl (C=O) groups is 2. The predicted molar refractivity (Wildman–Crippen MR) is 162 cm³/mol. The number of ether oxygens (including phenoxy) is 5. The minimum atomic E-state index is -1.02. The van der Waals surface area contributed by atoms with Crippen LogP contribution in [-0.2, 0) is 35.8 Å². The molecule has 0 N–H and O–H groups in total. The molecule has 0 atom stereocenters. The Kier molecular flexibility index (Phi) is 11.1. The van der Waals surface area contributed by atoms with Crippen molar-refractivity contribution in [2.24, 2.45) is 0 Å². The molecule has 1 heterocycles. The Balaban J connectivity index is 1.68. The summed E-state index contributed by atoms with van der Waals surface area (Å²) < 4.78 is 42.4. The normalized spacial score (nSPS) is 14.4. The van der Waals surface area contributed by atoms with Gasteiger partial charge in [-0.1, -0.05) is 72.5 Å². The van der Waals surface area contributed by atoms with E-state index < -0.39 is 5.60 Å². The third-order valence-corrected chi connectivity index (χ3v) is 7.71. The van der Waals surface area contributed by atoms with Gasteiger partial charge in [0.25, 0.3) is 12.4 Å². The minimum Gasteiger partial charge on any atom is -0.489 e. The second kappa shape index (κ2) is 14.9. The summed E-state index contributed by atoms with van der Waals surface area (Å²) in [4.78, 5) is 25.1. The highest BCUT2D eigenvalue weighted by molar-refractivity contribution is 8.26. The molecular weight excluding hydrogens is 581 g/mol. The number of hydrogen-bond donors (Lipinski definition) is 0. The summed E-state index contributed by atoms with van der Waals surface area (Å²) in [5.41, 5.74) is 1.40. The summed E-state index contributed by atoms with van der Waals surface area (Å²) in [6.07, 6.45) is 2.24. The molecule has 3 aromatic rings. The lowest BCUT2D eigenvalue weighted by molar-refractivity contribution is -0.135.